The molecule has 0 heterocycles. The average molecular weight is 322 g/mol. The van der Waals surface area contributed by atoms with Crippen molar-refractivity contribution in [2.24, 2.45) is 5.92 Å². The molecule has 120 valence electrons. The Balaban J connectivity index is 2.26. The zero-order chi connectivity index (χ0) is 16.0. The molecule has 0 N–H and O–H groups in total. The normalized spacial score (nSPS) is 26.8. The van der Waals surface area contributed by atoms with Crippen LogP contribution in [-0.4, -0.2) is 18.2 Å². The predicted octanol–water partition coefficient (Wildman–Crippen LogP) is 6.19. The summed E-state index contributed by atoms with van der Waals surface area (Å²) in [6.07, 6.45) is 9.63. The second-order valence-electron chi connectivity index (χ2n) is 6.11. The minimum atomic E-state index is -1.58. The number of hydrogen-bond acceptors (Lipinski definition) is 0. The molecule has 4 atom stereocenters. The summed E-state index contributed by atoms with van der Waals surface area (Å²) in [6.45, 7) is 4.29. The SMILES string of the molecule is CCCC(C)CP(CF)C1C=CC=CC1(F)c1ccccc1. The van der Waals surface area contributed by atoms with E-state index in [1.165, 1.54) is 0 Å². The summed E-state index contributed by atoms with van der Waals surface area (Å²) >= 11 is 0. The van der Waals surface area contributed by atoms with Crippen LogP contribution in [0.5, 0.6) is 0 Å². The fourth-order valence-corrected chi connectivity index (χ4v) is 5.74. The van der Waals surface area contributed by atoms with E-state index in [9.17, 15) is 4.39 Å². The van der Waals surface area contributed by atoms with E-state index in [0.29, 0.717) is 11.5 Å². The molecule has 0 fully saturated rings. The number of halogens is 2. The third-order valence-electron chi connectivity index (χ3n) is 4.26. The second kappa shape index (κ2) is 8.02. The molecule has 0 saturated heterocycles. The van der Waals surface area contributed by atoms with Crippen LogP contribution in [0.1, 0.15) is 32.3 Å². The van der Waals surface area contributed by atoms with Crippen molar-refractivity contribution < 1.29 is 8.78 Å². The van der Waals surface area contributed by atoms with E-state index in [1.54, 1.807) is 24.3 Å². The molecule has 1 aromatic carbocycles. The highest BCUT2D eigenvalue weighted by Gasteiger charge is 2.42. The number of rotatable bonds is 7. The molecule has 1 aliphatic carbocycles. The molecule has 0 radical (unpaired) electrons. The summed E-state index contributed by atoms with van der Waals surface area (Å²) in [5.74, 6) is 0.450. The first-order valence-electron chi connectivity index (χ1n) is 8.02. The van der Waals surface area contributed by atoms with Crippen molar-refractivity contribution >= 4 is 7.92 Å². The summed E-state index contributed by atoms with van der Waals surface area (Å²) in [6, 6.07) is 9.18. The molecule has 0 nitrogen and oxygen atoms in total. The number of hydrogen-bond donors (Lipinski definition) is 0. The van der Waals surface area contributed by atoms with Crippen molar-refractivity contribution in [1.82, 2.24) is 0 Å². The zero-order valence-corrected chi connectivity index (χ0v) is 14.3. The van der Waals surface area contributed by atoms with Crippen LogP contribution in [0, 0.1) is 5.92 Å². The van der Waals surface area contributed by atoms with E-state index in [-0.39, 0.29) is 5.66 Å². The maximum atomic E-state index is 15.8. The first-order valence-corrected chi connectivity index (χ1v) is 9.80. The fourth-order valence-electron chi connectivity index (χ4n) is 3.17. The lowest BCUT2D eigenvalue weighted by Gasteiger charge is -2.37. The molecular weight excluding hydrogens is 297 g/mol. The van der Waals surface area contributed by atoms with Crippen LogP contribution in [0.4, 0.5) is 8.78 Å². The predicted molar refractivity (Wildman–Crippen MR) is 93.1 cm³/mol. The van der Waals surface area contributed by atoms with E-state index in [1.807, 2.05) is 30.4 Å². The van der Waals surface area contributed by atoms with Crippen LogP contribution in [0.3, 0.4) is 0 Å². The van der Waals surface area contributed by atoms with Gasteiger partial charge in [-0.05, 0) is 23.7 Å². The summed E-state index contributed by atoms with van der Waals surface area (Å²) < 4.78 is 29.5. The van der Waals surface area contributed by atoms with Crippen molar-refractivity contribution in [1.29, 1.82) is 0 Å². The minimum Gasteiger partial charge on any atom is -0.246 e. The number of alkyl halides is 2. The van der Waals surface area contributed by atoms with Gasteiger partial charge in [0.25, 0.3) is 0 Å². The zero-order valence-electron chi connectivity index (χ0n) is 13.4. The van der Waals surface area contributed by atoms with E-state index in [4.69, 9.17) is 0 Å². The Morgan fingerprint density at radius 3 is 2.59 bits per heavy atom. The first-order chi connectivity index (χ1) is 10.6. The van der Waals surface area contributed by atoms with Crippen molar-refractivity contribution in [3.8, 4) is 0 Å². The molecular formula is C19H25F2P. The summed E-state index contributed by atoms with van der Waals surface area (Å²) in [4.78, 5) is 0. The fraction of sp³-hybridized carbons (Fsp3) is 0.474. The third kappa shape index (κ3) is 3.84. The second-order valence-corrected chi connectivity index (χ2v) is 8.45. The summed E-state index contributed by atoms with van der Waals surface area (Å²) in [5.41, 5.74) is -1.33. The molecule has 0 aliphatic heterocycles. The maximum absolute atomic E-state index is 15.8. The molecule has 22 heavy (non-hydrogen) atoms. The van der Waals surface area contributed by atoms with Gasteiger partial charge in [-0.3, -0.25) is 0 Å². The van der Waals surface area contributed by atoms with Crippen molar-refractivity contribution in [3.05, 3.63) is 60.2 Å². The van der Waals surface area contributed by atoms with E-state index in [0.717, 1.165) is 19.0 Å². The van der Waals surface area contributed by atoms with Crippen molar-refractivity contribution in [2.45, 2.75) is 38.0 Å². The Bertz CT molecular complexity index is 511. The van der Waals surface area contributed by atoms with Crippen molar-refractivity contribution in [2.75, 3.05) is 12.6 Å². The third-order valence-corrected chi connectivity index (χ3v) is 7.00. The van der Waals surface area contributed by atoms with E-state index in [2.05, 4.69) is 13.8 Å². The quantitative estimate of drug-likeness (QED) is 0.525. The first kappa shape index (κ1) is 17.3. The van der Waals surface area contributed by atoms with Gasteiger partial charge in [-0.2, -0.15) is 0 Å². The molecule has 4 unspecified atom stereocenters. The van der Waals surface area contributed by atoms with Crippen LogP contribution >= 0.6 is 7.92 Å². The molecule has 0 amide bonds. The van der Waals surface area contributed by atoms with Gasteiger partial charge in [0.05, 0.1) is 0 Å². The Labute approximate surface area is 134 Å². The Hall–Kier alpha value is -1.01. The number of benzene rings is 1. The van der Waals surface area contributed by atoms with Gasteiger partial charge in [0, 0.05) is 5.66 Å². The van der Waals surface area contributed by atoms with Crippen LogP contribution in [0.2, 0.25) is 0 Å². The van der Waals surface area contributed by atoms with E-state index >= 15 is 4.39 Å². The van der Waals surface area contributed by atoms with Gasteiger partial charge in [0.15, 0.2) is 5.67 Å². The molecule has 0 saturated carbocycles. The smallest absolute Gasteiger partial charge is 0.164 e. The van der Waals surface area contributed by atoms with Gasteiger partial charge in [0.2, 0.25) is 0 Å². The highest BCUT2D eigenvalue weighted by molar-refractivity contribution is 7.58. The van der Waals surface area contributed by atoms with Crippen LogP contribution in [-0.2, 0) is 5.67 Å². The number of allylic oxidation sites excluding steroid dienone is 4. The van der Waals surface area contributed by atoms with Gasteiger partial charge < -0.3 is 0 Å². The lowest BCUT2D eigenvalue weighted by molar-refractivity contribution is 0.239. The van der Waals surface area contributed by atoms with Gasteiger partial charge in [0.1, 0.15) is 6.42 Å². The Kier molecular flexibility index (Phi) is 6.32. The Morgan fingerprint density at radius 1 is 1.23 bits per heavy atom. The topological polar surface area (TPSA) is 0 Å². The van der Waals surface area contributed by atoms with Crippen LogP contribution in [0.15, 0.2) is 54.6 Å². The summed E-state index contributed by atoms with van der Waals surface area (Å²) in [5, 5.41) is 0. The molecule has 3 heteroatoms. The van der Waals surface area contributed by atoms with E-state index < -0.39 is 20.0 Å². The standard InChI is InChI=1S/C19H25F2P/c1-3-9-16(2)14-22(15-20)18-12-7-8-13-19(18,21)17-10-5-4-6-11-17/h4-8,10-13,16,18H,3,9,14-15H2,1-2H3. The summed E-state index contributed by atoms with van der Waals surface area (Å²) in [7, 11) is -1.02. The molecule has 0 bridgehead atoms. The lowest BCUT2D eigenvalue weighted by atomic mass is 9.89. The molecule has 0 aromatic heterocycles. The van der Waals surface area contributed by atoms with Gasteiger partial charge >= 0.3 is 0 Å². The van der Waals surface area contributed by atoms with Gasteiger partial charge in [-0.1, -0.05) is 83.2 Å². The Morgan fingerprint density at radius 2 is 1.95 bits per heavy atom. The van der Waals surface area contributed by atoms with Crippen LogP contribution in [0.25, 0.3) is 0 Å². The minimum absolute atomic E-state index is 0.376. The highest BCUT2D eigenvalue weighted by atomic mass is 31.1. The van der Waals surface area contributed by atoms with Gasteiger partial charge in [-0.25, -0.2) is 8.78 Å². The van der Waals surface area contributed by atoms with Crippen LogP contribution < -0.4 is 0 Å². The monoisotopic (exact) mass is 322 g/mol. The molecule has 1 aliphatic rings. The van der Waals surface area contributed by atoms with Crippen molar-refractivity contribution in [3.63, 3.8) is 0 Å². The molecule has 2 rings (SSSR count). The lowest BCUT2D eigenvalue weighted by Crippen LogP contribution is -2.33. The molecule has 0 spiro atoms. The maximum Gasteiger partial charge on any atom is 0.164 e. The van der Waals surface area contributed by atoms with Gasteiger partial charge in [-0.15, -0.1) is 0 Å². The average Bonchev–Trinajstić information content (AvgIpc) is 2.54. The largest absolute Gasteiger partial charge is 0.246 e. The highest BCUT2D eigenvalue weighted by Crippen LogP contribution is 2.54. The molecule has 1 aromatic rings.